The molecule has 3 nitrogen and oxygen atoms in total. The summed E-state index contributed by atoms with van der Waals surface area (Å²) in [5.74, 6) is -0.182. The van der Waals surface area contributed by atoms with Crippen molar-refractivity contribution in [2.75, 3.05) is 11.9 Å². The van der Waals surface area contributed by atoms with Crippen molar-refractivity contribution in [3.05, 3.63) is 52.3 Å². The zero-order chi connectivity index (χ0) is 15.2. The molecule has 0 aliphatic heterocycles. The second-order valence-electron chi connectivity index (χ2n) is 4.62. The summed E-state index contributed by atoms with van der Waals surface area (Å²) in [5.41, 5.74) is 1.58. The number of aromatic hydroxyl groups is 1. The van der Waals surface area contributed by atoms with Crippen LogP contribution in [-0.4, -0.2) is 11.7 Å². The average Bonchev–Trinajstić information content (AvgIpc) is 2.47. The summed E-state index contributed by atoms with van der Waals surface area (Å²) < 4.78 is 19.9. The quantitative estimate of drug-likeness (QED) is 0.740. The van der Waals surface area contributed by atoms with Gasteiger partial charge in [-0.2, -0.15) is 0 Å². The lowest BCUT2D eigenvalue weighted by Gasteiger charge is -2.13. The van der Waals surface area contributed by atoms with Crippen LogP contribution in [-0.2, 0) is 6.54 Å². The molecule has 5 heteroatoms. The fourth-order valence-electron chi connectivity index (χ4n) is 1.85. The number of ether oxygens (including phenoxy) is 1. The highest BCUT2D eigenvalue weighted by atomic mass is 79.9. The fraction of sp³-hybridized carbons (Fsp3) is 0.250. The predicted molar refractivity (Wildman–Crippen MR) is 85.3 cm³/mol. The molecule has 2 rings (SSSR count). The van der Waals surface area contributed by atoms with Crippen LogP contribution in [0.15, 0.2) is 40.9 Å². The maximum absolute atomic E-state index is 13.3. The van der Waals surface area contributed by atoms with E-state index in [2.05, 4.69) is 28.2 Å². The van der Waals surface area contributed by atoms with Crippen molar-refractivity contribution in [3.8, 4) is 11.5 Å². The molecule has 0 aliphatic carbocycles. The van der Waals surface area contributed by atoms with Gasteiger partial charge in [0.05, 0.1) is 6.61 Å². The summed E-state index contributed by atoms with van der Waals surface area (Å²) >= 11 is 3.44. The zero-order valence-electron chi connectivity index (χ0n) is 11.7. The lowest BCUT2D eigenvalue weighted by molar-refractivity contribution is 0.314. The molecule has 21 heavy (non-hydrogen) atoms. The Balaban J connectivity index is 2.10. The number of nitrogens with one attached hydrogen (secondary N) is 1. The highest BCUT2D eigenvalue weighted by Crippen LogP contribution is 2.25. The summed E-state index contributed by atoms with van der Waals surface area (Å²) in [4.78, 5) is 0. The predicted octanol–water partition coefficient (Wildman–Crippen LogP) is 4.69. The maximum atomic E-state index is 13.3. The molecule has 2 aromatic rings. The number of rotatable bonds is 6. The minimum absolute atomic E-state index is 0.352. The van der Waals surface area contributed by atoms with E-state index in [-0.39, 0.29) is 5.75 Å². The molecule has 0 saturated heterocycles. The molecule has 0 amide bonds. The van der Waals surface area contributed by atoms with E-state index >= 15 is 0 Å². The van der Waals surface area contributed by atoms with Gasteiger partial charge in [-0.1, -0.05) is 22.9 Å². The van der Waals surface area contributed by atoms with E-state index in [4.69, 9.17) is 4.74 Å². The summed E-state index contributed by atoms with van der Waals surface area (Å²) in [5, 5.41) is 12.3. The summed E-state index contributed by atoms with van der Waals surface area (Å²) in [7, 11) is 0. The minimum Gasteiger partial charge on any atom is -0.505 e. The van der Waals surface area contributed by atoms with Gasteiger partial charge in [-0.05, 0) is 36.8 Å². The normalized spacial score (nSPS) is 10.4. The van der Waals surface area contributed by atoms with Gasteiger partial charge >= 0.3 is 0 Å². The van der Waals surface area contributed by atoms with Crippen LogP contribution >= 0.6 is 15.9 Å². The third-order valence-corrected chi connectivity index (χ3v) is 3.41. The Morgan fingerprint density at radius 3 is 2.76 bits per heavy atom. The molecule has 0 aromatic heterocycles. The number of phenols is 1. The number of anilines is 1. The first kappa shape index (κ1) is 15.6. The van der Waals surface area contributed by atoms with Gasteiger partial charge in [-0.25, -0.2) is 4.39 Å². The largest absolute Gasteiger partial charge is 0.505 e. The Hall–Kier alpha value is -1.75. The van der Waals surface area contributed by atoms with E-state index in [1.54, 1.807) is 6.07 Å². The molecule has 112 valence electrons. The van der Waals surface area contributed by atoms with Crippen molar-refractivity contribution in [3.63, 3.8) is 0 Å². The van der Waals surface area contributed by atoms with Crippen LogP contribution in [0.25, 0.3) is 0 Å². The summed E-state index contributed by atoms with van der Waals surface area (Å²) in [6.07, 6.45) is 0.937. The summed E-state index contributed by atoms with van der Waals surface area (Å²) in [6, 6.07) is 10.0. The SMILES string of the molecule is CCCOc1ccc(Br)cc1CNc1ccc(O)c(F)c1. The van der Waals surface area contributed by atoms with E-state index in [1.165, 1.54) is 12.1 Å². The molecule has 0 saturated carbocycles. The molecule has 0 bridgehead atoms. The van der Waals surface area contributed by atoms with Crippen molar-refractivity contribution < 1.29 is 14.2 Å². The molecule has 0 radical (unpaired) electrons. The molecular weight excluding hydrogens is 337 g/mol. The van der Waals surface area contributed by atoms with Crippen LogP contribution in [0.4, 0.5) is 10.1 Å². The van der Waals surface area contributed by atoms with Crippen LogP contribution in [0, 0.1) is 5.82 Å². The molecule has 0 aliphatic rings. The Morgan fingerprint density at radius 2 is 2.05 bits per heavy atom. The van der Waals surface area contributed by atoms with Gasteiger partial charge in [-0.3, -0.25) is 0 Å². The van der Waals surface area contributed by atoms with Crippen molar-refractivity contribution in [2.24, 2.45) is 0 Å². The van der Waals surface area contributed by atoms with Gasteiger partial charge in [0, 0.05) is 28.3 Å². The van der Waals surface area contributed by atoms with Crippen molar-refractivity contribution in [2.45, 2.75) is 19.9 Å². The molecule has 0 spiro atoms. The van der Waals surface area contributed by atoms with Crippen LogP contribution in [0.3, 0.4) is 0 Å². The topological polar surface area (TPSA) is 41.5 Å². The van der Waals surface area contributed by atoms with Crippen LogP contribution < -0.4 is 10.1 Å². The Kier molecular flexibility index (Phi) is 5.44. The monoisotopic (exact) mass is 353 g/mol. The molecule has 2 aromatic carbocycles. The highest BCUT2D eigenvalue weighted by Gasteiger charge is 2.06. The first-order valence-corrected chi connectivity index (χ1v) is 7.53. The van der Waals surface area contributed by atoms with Crippen molar-refractivity contribution in [1.82, 2.24) is 0 Å². The smallest absolute Gasteiger partial charge is 0.166 e. The van der Waals surface area contributed by atoms with Crippen LogP contribution in [0.5, 0.6) is 11.5 Å². The number of hydrogen-bond acceptors (Lipinski definition) is 3. The molecule has 0 atom stereocenters. The van der Waals surface area contributed by atoms with Gasteiger partial charge in [-0.15, -0.1) is 0 Å². The fourth-order valence-corrected chi connectivity index (χ4v) is 2.26. The first-order chi connectivity index (χ1) is 10.1. The third kappa shape index (κ3) is 4.36. The van der Waals surface area contributed by atoms with E-state index in [0.717, 1.165) is 22.2 Å². The number of halogens is 2. The van der Waals surface area contributed by atoms with E-state index in [9.17, 15) is 9.50 Å². The first-order valence-electron chi connectivity index (χ1n) is 6.73. The highest BCUT2D eigenvalue weighted by molar-refractivity contribution is 9.10. The van der Waals surface area contributed by atoms with Crippen LogP contribution in [0.2, 0.25) is 0 Å². The average molecular weight is 354 g/mol. The van der Waals surface area contributed by atoms with Crippen molar-refractivity contribution in [1.29, 1.82) is 0 Å². The van der Waals surface area contributed by atoms with Gasteiger partial charge in [0.1, 0.15) is 5.75 Å². The molecule has 0 unspecified atom stereocenters. The van der Waals surface area contributed by atoms with E-state index in [0.29, 0.717) is 18.8 Å². The Morgan fingerprint density at radius 1 is 1.24 bits per heavy atom. The molecule has 0 heterocycles. The maximum Gasteiger partial charge on any atom is 0.166 e. The second kappa shape index (κ2) is 7.31. The van der Waals surface area contributed by atoms with Gasteiger partial charge in [0.25, 0.3) is 0 Å². The number of hydrogen-bond donors (Lipinski definition) is 2. The zero-order valence-corrected chi connectivity index (χ0v) is 13.3. The summed E-state index contributed by atoms with van der Waals surface area (Å²) in [6.45, 7) is 3.21. The third-order valence-electron chi connectivity index (χ3n) is 2.91. The van der Waals surface area contributed by atoms with Crippen molar-refractivity contribution >= 4 is 21.6 Å². The lowest BCUT2D eigenvalue weighted by atomic mass is 10.2. The van der Waals surface area contributed by atoms with Gasteiger partial charge < -0.3 is 15.2 Å². The van der Waals surface area contributed by atoms with E-state index in [1.807, 2.05) is 18.2 Å². The van der Waals surface area contributed by atoms with E-state index < -0.39 is 5.82 Å². The Labute approximate surface area is 131 Å². The second-order valence-corrected chi connectivity index (χ2v) is 5.54. The Bertz CT molecular complexity index is 619. The molecule has 0 fully saturated rings. The minimum atomic E-state index is -0.642. The van der Waals surface area contributed by atoms with Gasteiger partial charge in [0.2, 0.25) is 0 Å². The number of benzene rings is 2. The molecular formula is C16H17BrFNO2. The van der Waals surface area contributed by atoms with Crippen LogP contribution in [0.1, 0.15) is 18.9 Å². The standard InChI is InChI=1S/C16H17BrFNO2/c1-2-7-21-16-6-3-12(17)8-11(16)10-19-13-4-5-15(20)14(18)9-13/h3-6,8-9,19-20H,2,7,10H2,1H3. The molecule has 2 N–H and O–H groups in total. The number of phenolic OH excluding ortho intramolecular Hbond substituents is 1. The lowest BCUT2D eigenvalue weighted by Crippen LogP contribution is -2.04. The van der Waals surface area contributed by atoms with Gasteiger partial charge in [0.15, 0.2) is 11.6 Å².